The van der Waals surface area contributed by atoms with E-state index in [4.69, 9.17) is 5.73 Å². The zero-order valence-electron chi connectivity index (χ0n) is 11.8. The van der Waals surface area contributed by atoms with Crippen LogP contribution in [0.4, 0.5) is 11.4 Å². The van der Waals surface area contributed by atoms with Crippen molar-refractivity contribution in [2.45, 2.75) is 19.3 Å². The Bertz CT molecular complexity index is 542. The van der Waals surface area contributed by atoms with Gasteiger partial charge in [-0.1, -0.05) is 42.5 Å². The molecule has 3 rings (SSSR count). The van der Waals surface area contributed by atoms with E-state index in [1.807, 2.05) is 12.1 Å². The molecule has 0 spiro atoms. The average molecular weight is 266 g/mol. The fraction of sp³-hybridized carbons (Fsp3) is 0.333. The summed E-state index contributed by atoms with van der Waals surface area (Å²) in [4.78, 5) is 2.43. The second kappa shape index (κ2) is 6.00. The van der Waals surface area contributed by atoms with Gasteiger partial charge in [0.1, 0.15) is 0 Å². The van der Waals surface area contributed by atoms with Crippen LogP contribution in [0, 0.1) is 5.92 Å². The molecule has 2 aromatic carbocycles. The van der Waals surface area contributed by atoms with E-state index >= 15 is 0 Å². The van der Waals surface area contributed by atoms with Crippen LogP contribution < -0.4 is 10.6 Å². The van der Waals surface area contributed by atoms with Gasteiger partial charge in [-0.3, -0.25) is 0 Å². The van der Waals surface area contributed by atoms with Crippen LogP contribution in [0.5, 0.6) is 0 Å². The second-order valence-electron chi connectivity index (χ2n) is 5.68. The second-order valence-corrected chi connectivity index (χ2v) is 5.68. The summed E-state index contributed by atoms with van der Waals surface area (Å²) in [5.41, 5.74) is 9.63. The minimum atomic E-state index is 0.804. The molecular formula is C18H22N2. The summed E-state index contributed by atoms with van der Waals surface area (Å²) in [6, 6.07) is 19.0. The van der Waals surface area contributed by atoms with Crippen LogP contribution in [-0.2, 0) is 6.42 Å². The third kappa shape index (κ3) is 2.96. The Kier molecular flexibility index (Phi) is 3.91. The SMILES string of the molecule is Nc1ccccc1N1CCC(Cc2ccccc2)CC1. The number of nitrogen functional groups attached to an aromatic ring is 1. The van der Waals surface area contributed by atoms with E-state index in [2.05, 4.69) is 47.4 Å². The number of benzene rings is 2. The van der Waals surface area contributed by atoms with Gasteiger partial charge in [-0.15, -0.1) is 0 Å². The largest absolute Gasteiger partial charge is 0.397 e. The van der Waals surface area contributed by atoms with Gasteiger partial charge in [0.15, 0.2) is 0 Å². The van der Waals surface area contributed by atoms with E-state index in [1.165, 1.54) is 30.5 Å². The fourth-order valence-electron chi connectivity index (χ4n) is 3.10. The monoisotopic (exact) mass is 266 g/mol. The number of rotatable bonds is 3. The van der Waals surface area contributed by atoms with E-state index in [1.54, 1.807) is 0 Å². The third-order valence-corrected chi connectivity index (χ3v) is 4.26. The van der Waals surface area contributed by atoms with Gasteiger partial charge in [0.25, 0.3) is 0 Å². The molecule has 2 N–H and O–H groups in total. The highest BCUT2D eigenvalue weighted by Gasteiger charge is 2.20. The van der Waals surface area contributed by atoms with Crippen LogP contribution in [0.25, 0.3) is 0 Å². The maximum Gasteiger partial charge on any atom is 0.0599 e. The van der Waals surface area contributed by atoms with Crippen LogP contribution in [-0.4, -0.2) is 13.1 Å². The molecule has 20 heavy (non-hydrogen) atoms. The van der Waals surface area contributed by atoms with E-state index < -0.39 is 0 Å². The fourth-order valence-corrected chi connectivity index (χ4v) is 3.10. The van der Waals surface area contributed by atoms with Gasteiger partial charge in [0.2, 0.25) is 0 Å². The van der Waals surface area contributed by atoms with Gasteiger partial charge in [-0.2, -0.15) is 0 Å². The first-order chi connectivity index (χ1) is 9.83. The minimum absolute atomic E-state index is 0.804. The summed E-state index contributed by atoms with van der Waals surface area (Å²) in [6.45, 7) is 2.23. The maximum absolute atomic E-state index is 6.07. The van der Waals surface area contributed by atoms with Crippen LogP contribution in [0.3, 0.4) is 0 Å². The van der Waals surface area contributed by atoms with Crippen molar-refractivity contribution in [3.63, 3.8) is 0 Å². The van der Waals surface area contributed by atoms with Crippen LogP contribution in [0.15, 0.2) is 54.6 Å². The highest BCUT2D eigenvalue weighted by Crippen LogP contribution is 2.29. The topological polar surface area (TPSA) is 29.3 Å². The highest BCUT2D eigenvalue weighted by molar-refractivity contribution is 5.67. The molecule has 0 radical (unpaired) electrons. The highest BCUT2D eigenvalue weighted by atomic mass is 15.1. The zero-order valence-corrected chi connectivity index (χ0v) is 11.8. The third-order valence-electron chi connectivity index (χ3n) is 4.26. The Morgan fingerprint density at radius 1 is 0.900 bits per heavy atom. The van der Waals surface area contributed by atoms with E-state index in [-0.39, 0.29) is 0 Å². The van der Waals surface area contributed by atoms with Gasteiger partial charge in [0, 0.05) is 13.1 Å². The summed E-state index contributed by atoms with van der Waals surface area (Å²) in [5.74, 6) is 0.804. The lowest BCUT2D eigenvalue weighted by Crippen LogP contribution is -2.34. The molecule has 0 unspecified atom stereocenters. The molecule has 0 aromatic heterocycles. The Morgan fingerprint density at radius 2 is 1.55 bits per heavy atom. The van der Waals surface area contributed by atoms with Crippen LogP contribution >= 0.6 is 0 Å². The molecule has 2 nitrogen and oxygen atoms in total. The van der Waals surface area contributed by atoms with Crippen LogP contribution in [0.2, 0.25) is 0 Å². The Labute approximate surface area is 121 Å². The predicted octanol–water partition coefficient (Wildman–Crippen LogP) is 3.73. The number of hydrogen-bond donors (Lipinski definition) is 1. The molecule has 0 saturated carbocycles. The maximum atomic E-state index is 6.07. The first kappa shape index (κ1) is 13.0. The van der Waals surface area contributed by atoms with Gasteiger partial charge in [-0.05, 0) is 42.9 Å². The lowest BCUT2D eigenvalue weighted by Gasteiger charge is -2.34. The van der Waals surface area contributed by atoms with Crippen molar-refractivity contribution in [1.29, 1.82) is 0 Å². The molecule has 0 aliphatic carbocycles. The molecule has 1 fully saturated rings. The summed E-state index contributed by atoms with van der Waals surface area (Å²) >= 11 is 0. The minimum Gasteiger partial charge on any atom is -0.397 e. The van der Waals surface area contributed by atoms with Crippen molar-refractivity contribution in [2.24, 2.45) is 5.92 Å². The number of nitrogens with two attached hydrogens (primary N) is 1. The molecule has 2 heteroatoms. The van der Waals surface area contributed by atoms with Gasteiger partial charge < -0.3 is 10.6 Å². The van der Waals surface area contributed by atoms with E-state index in [0.717, 1.165) is 24.7 Å². The molecule has 2 aromatic rings. The molecule has 0 atom stereocenters. The quantitative estimate of drug-likeness (QED) is 0.858. The van der Waals surface area contributed by atoms with Crippen molar-refractivity contribution in [3.05, 3.63) is 60.2 Å². The van der Waals surface area contributed by atoms with Crippen molar-refractivity contribution >= 4 is 11.4 Å². The van der Waals surface area contributed by atoms with Crippen molar-refractivity contribution in [3.8, 4) is 0 Å². The summed E-state index contributed by atoms with van der Waals surface area (Å²) in [5, 5.41) is 0. The molecule has 104 valence electrons. The number of piperidine rings is 1. The Balaban J connectivity index is 1.59. The lowest BCUT2D eigenvalue weighted by atomic mass is 9.90. The predicted molar refractivity (Wildman–Crippen MR) is 85.9 cm³/mol. The molecule has 0 amide bonds. The number of anilines is 2. The summed E-state index contributed by atoms with van der Waals surface area (Å²) in [6.07, 6.45) is 3.71. The lowest BCUT2D eigenvalue weighted by molar-refractivity contribution is 0.404. The summed E-state index contributed by atoms with van der Waals surface area (Å²) in [7, 11) is 0. The van der Waals surface area contributed by atoms with E-state index in [9.17, 15) is 0 Å². The zero-order chi connectivity index (χ0) is 13.8. The molecular weight excluding hydrogens is 244 g/mol. The Hall–Kier alpha value is -1.96. The molecule has 1 aliphatic heterocycles. The summed E-state index contributed by atoms with van der Waals surface area (Å²) < 4.78 is 0. The smallest absolute Gasteiger partial charge is 0.0599 e. The van der Waals surface area contributed by atoms with Crippen molar-refractivity contribution in [2.75, 3.05) is 23.7 Å². The molecule has 1 heterocycles. The van der Waals surface area contributed by atoms with Crippen molar-refractivity contribution in [1.82, 2.24) is 0 Å². The first-order valence-corrected chi connectivity index (χ1v) is 7.46. The van der Waals surface area contributed by atoms with Gasteiger partial charge >= 0.3 is 0 Å². The number of hydrogen-bond acceptors (Lipinski definition) is 2. The molecule has 1 aliphatic rings. The number of para-hydroxylation sites is 2. The Morgan fingerprint density at radius 3 is 2.25 bits per heavy atom. The molecule has 0 bridgehead atoms. The van der Waals surface area contributed by atoms with Crippen molar-refractivity contribution < 1.29 is 0 Å². The molecule has 1 saturated heterocycles. The number of nitrogens with zero attached hydrogens (tertiary/aromatic N) is 1. The van der Waals surface area contributed by atoms with E-state index in [0.29, 0.717) is 0 Å². The first-order valence-electron chi connectivity index (χ1n) is 7.46. The van der Waals surface area contributed by atoms with Gasteiger partial charge in [-0.25, -0.2) is 0 Å². The standard InChI is InChI=1S/C18H22N2/c19-17-8-4-5-9-18(17)20-12-10-16(11-13-20)14-15-6-2-1-3-7-15/h1-9,16H,10-14,19H2. The van der Waals surface area contributed by atoms with Gasteiger partial charge in [0.05, 0.1) is 11.4 Å². The van der Waals surface area contributed by atoms with Crippen LogP contribution in [0.1, 0.15) is 18.4 Å². The average Bonchev–Trinajstić information content (AvgIpc) is 2.50. The normalized spacial score (nSPS) is 16.3.